The van der Waals surface area contributed by atoms with Crippen LogP contribution in [0, 0.1) is 0 Å². The van der Waals surface area contributed by atoms with E-state index >= 15 is 0 Å². The van der Waals surface area contributed by atoms with E-state index in [9.17, 15) is 13.2 Å². The Kier molecular flexibility index (Phi) is 5.81. The first-order valence-corrected chi connectivity index (χ1v) is 10.7. The van der Waals surface area contributed by atoms with Gasteiger partial charge in [-0.1, -0.05) is 11.6 Å². The Balaban J connectivity index is 1.57. The quantitative estimate of drug-likeness (QED) is 0.735. The number of anilines is 1. The molecule has 0 spiro atoms. The minimum Gasteiger partial charge on any atom is -0.368 e. The van der Waals surface area contributed by atoms with Gasteiger partial charge in [-0.25, -0.2) is 13.4 Å². The molecule has 2 aromatic rings. The summed E-state index contributed by atoms with van der Waals surface area (Å²) < 4.78 is 26.6. The highest BCUT2D eigenvalue weighted by Gasteiger charge is 2.28. The first-order chi connectivity index (χ1) is 12.4. The predicted molar refractivity (Wildman–Crippen MR) is 101 cm³/mol. The number of sulfonamides is 1. The largest absolute Gasteiger partial charge is 0.368 e. The lowest BCUT2D eigenvalue weighted by molar-refractivity contribution is -0.377. The van der Waals surface area contributed by atoms with Gasteiger partial charge in [-0.05, 0) is 12.1 Å². The molecule has 10 heteroatoms. The number of nitrogens with one attached hydrogen (secondary N) is 1. The van der Waals surface area contributed by atoms with Crippen molar-refractivity contribution in [2.45, 2.75) is 4.21 Å². The van der Waals surface area contributed by atoms with Crippen molar-refractivity contribution in [3.8, 4) is 0 Å². The van der Waals surface area contributed by atoms with Crippen LogP contribution in [-0.2, 0) is 14.8 Å². The predicted octanol–water partition coefficient (Wildman–Crippen LogP) is 1.18. The Labute approximate surface area is 161 Å². The molecule has 140 valence electrons. The summed E-state index contributed by atoms with van der Waals surface area (Å²) in [5.74, 6) is -0.195. The third-order valence-corrected chi connectivity index (χ3v) is 7.77. The van der Waals surface area contributed by atoms with Crippen molar-refractivity contribution in [1.82, 2.24) is 9.21 Å². The molecule has 1 saturated heterocycles. The molecule has 0 aromatic carbocycles. The molecule has 1 fully saturated rings. The van der Waals surface area contributed by atoms with Crippen molar-refractivity contribution in [2.75, 3.05) is 44.7 Å². The van der Waals surface area contributed by atoms with E-state index in [0.717, 1.165) is 21.3 Å². The van der Waals surface area contributed by atoms with Crippen molar-refractivity contribution in [2.24, 2.45) is 0 Å². The maximum Gasteiger partial charge on any atom is 0.252 e. The van der Waals surface area contributed by atoms with Gasteiger partial charge in [-0.15, -0.1) is 11.3 Å². The van der Waals surface area contributed by atoms with Gasteiger partial charge in [-0.3, -0.25) is 4.79 Å². The minimum absolute atomic E-state index is 0.142. The summed E-state index contributed by atoms with van der Waals surface area (Å²) in [5, 5.41) is 0. The molecule has 7 nitrogen and oxygen atoms in total. The molecule has 1 amide bonds. The number of hydrogen-bond donors (Lipinski definition) is 0. The number of nitrogens with zero attached hydrogens (tertiary/aromatic N) is 3. The van der Waals surface area contributed by atoms with Gasteiger partial charge >= 0.3 is 0 Å². The SMILES string of the molecule is CN(CC(=O)N1CCN(c2cc[nH+]cc2)CC1)S(=O)(=O)c1ccc(Cl)s1. The van der Waals surface area contributed by atoms with E-state index in [0.29, 0.717) is 30.5 Å². The van der Waals surface area contributed by atoms with E-state index in [1.54, 1.807) is 4.90 Å². The zero-order chi connectivity index (χ0) is 18.7. The number of carbonyl (C=O) groups is 1. The van der Waals surface area contributed by atoms with E-state index in [2.05, 4.69) is 9.88 Å². The van der Waals surface area contributed by atoms with Crippen LogP contribution in [0.5, 0.6) is 0 Å². The first-order valence-electron chi connectivity index (χ1n) is 8.08. The number of rotatable bonds is 5. The van der Waals surface area contributed by atoms with Crippen LogP contribution >= 0.6 is 22.9 Å². The standard InChI is InChI=1S/C16H19ClN4O3S2/c1-19(26(23,24)16-3-2-14(17)25-16)12-15(22)21-10-8-20(9-11-21)13-4-6-18-7-5-13/h2-7H,8-12H2,1H3/p+1. The highest BCUT2D eigenvalue weighted by atomic mass is 35.5. The number of aromatic nitrogens is 1. The van der Waals surface area contributed by atoms with Gasteiger partial charge < -0.3 is 9.80 Å². The van der Waals surface area contributed by atoms with Crippen molar-refractivity contribution in [3.05, 3.63) is 41.0 Å². The smallest absolute Gasteiger partial charge is 0.252 e. The number of piperazine rings is 1. The lowest BCUT2D eigenvalue weighted by atomic mass is 10.2. The molecule has 0 bridgehead atoms. The zero-order valence-corrected chi connectivity index (χ0v) is 16.6. The van der Waals surface area contributed by atoms with Gasteiger partial charge in [0.25, 0.3) is 10.0 Å². The number of aromatic amines is 1. The van der Waals surface area contributed by atoms with Gasteiger partial charge in [-0.2, -0.15) is 4.31 Å². The number of H-pyrrole nitrogens is 1. The molecule has 0 radical (unpaired) electrons. The number of likely N-dealkylation sites (N-methyl/N-ethyl adjacent to an activating group) is 1. The Hall–Kier alpha value is -1.68. The molecule has 0 atom stereocenters. The average molecular weight is 416 g/mol. The third kappa shape index (κ3) is 4.17. The van der Waals surface area contributed by atoms with Crippen LogP contribution in [0.2, 0.25) is 4.34 Å². The van der Waals surface area contributed by atoms with Crippen LogP contribution in [-0.4, -0.2) is 63.3 Å². The summed E-state index contributed by atoms with van der Waals surface area (Å²) in [6, 6.07) is 6.97. The van der Waals surface area contributed by atoms with Gasteiger partial charge in [0, 0.05) is 51.0 Å². The Morgan fingerprint density at radius 1 is 1.19 bits per heavy atom. The maximum absolute atomic E-state index is 12.5. The highest BCUT2D eigenvalue weighted by Crippen LogP contribution is 2.27. The van der Waals surface area contributed by atoms with Gasteiger partial charge in [0.2, 0.25) is 5.91 Å². The summed E-state index contributed by atoms with van der Waals surface area (Å²) in [6.45, 7) is 2.38. The molecule has 3 heterocycles. The van der Waals surface area contributed by atoms with Crippen LogP contribution < -0.4 is 9.88 Å². The molecule has 0 aliphatic carbocycles. The number of pyridine rings is 1. The maximum atomic E-state index is 12.5. The highest BCUT2D eigenvalue weighted by molar-refractivity contribution is 7.91. The zero-order valence-electron chi connectivity index (χ0n) is 14.3. The third-order valence-electron chi connectivity index (χ3n) is 4.27. The van der Waals surface area contributed by atoms with E-state index in [4.69, 9.17) is 11.6 Å². The van der Waals surface area contributed by atoms with Crippen LogP contribution in [0.1, 0.15) is 0 Å². The Morgan fingerprint density at radius 2 is 1.85 bits per heavy atom. The van der Waals surface area contributed by atoms with E-state index in [-0.39, 0.29) is 16.7 Å². The second kappa shape index (κ2) is 7.91. The Bertz CT molecular complexity index is 865. The van der Waals surface area contributed by atoms with Crippen LogP contribution in [0.15, 0.2) is 40.9 Å². The van der Waals surface area contributed by atoms with Crippen LogP contribution in [0.4, 0.5) is 5.69 Å². The number of hydrogen-bond acceptors (Lipinski definition) is 5. The van der Waals surface area contributed by atoms with E-state index < -0.39 is 10.0 Å². The van der Waals surface area contributed by atoms with E-state index in [1.165, 1.54) is 19.2 Å². The molecule has 1 aliphatic heterocycles. The molecule has 0 saturated carbocycles. The summed E-state index contributed by atoms with van der Waals surface area (Å²) in [4.78, 5) is 19.4. The van der Waals surface area contributed by atoms with Crippen LogP contribution in [0.25, 0.3) is 0 Å². The molecule has 1 aliphatic rings. The summed E-state index contributed by atoms with van der Waals surface area (Å²) >= 11 is 6.80. The van der Waals surface area contributed by atoms with Gasteiger partial charge in [0.05, 0.1) is 10.9 Å². The second-order valence-corrected chi connectivity index (χ2v) is 9.93. The number of amides is 1. The fraction of sp³-hybridized carbons (Fsp3) is 0.375. The fourth-order valence-electron chi connectivity index (χ4n) is 2.77. The number of carbonyl (C=O) groups excluding carboxylic acids is 1. The van der Waals surface area contributed by atoms with E-state index in [1.807, 2.05) is 24.5 Å². The number of halogens is 1. The summed E-state index contributed by atoms with van der Waals surface area (Å²) in [5.41, 5.74) is 1.10. The molecule has 0 unspecified atom stereocenters. The van der Waals surface area contributed by atoms with Crippen molar-refractivity contribution in [1.29, 1.82) is 0 Å². The van der Waals surface area contributed by atoms with Crippen molar-refractivity contribution < 1.29 is 18.2 Å². The van der Waals surface area contributed by atoms with Crippen molar-refractivity contribution in [3.63, 3.8) is 0 Å². The monoisotopic (exact) mass is 415 g/mol. The topological polar surface area (TPSA) is 75.1 Å². The molecule has 3 rings (SSSR count). The lowest BCUT2D eigenvalue weighted by Crippen LogP contribution is -2.51. The molecule has 1 N–H and O–H groups in total. The molecular weight excluding hydrogens is 396 g/mol. The van der Waals surface area contributed by atoms with Crippen molar-refractivity contribution >= 4 is 44.6 Å². The second-order valence-electron chi connectivity index (χ2n) is 5.95. The lowest BCUT2D eigenvalue weighted by Gasteiger charge is -2.36. The normalized spacial score (nSPS) is 15.5. The average Bonchev–Trinajstić information content (AvgIpc) is 3.09. The molecule has 2 aromatic heterocycles. The summed E-state index contributed by atoms with van der Waals surface area (Å²) in [7, 11) is -2.29. The molecular formula is C16H20ClN4O3S2+. The van der Waals surface area contributed by atoms with Gasteiger partial charge in [0.1, 0.15) is 4.21 Å². The minimum atomic E-state index is -3.70. The Morgan fingerprint density at radius 3 is 2.42 bits per heavy atom. The fourth-order valence-corrected chi connectivity index (χ4v) is 5.58. The van der Waals surface area contributed by atoms with Gasteiger partial charge in [0.15, 0.2) is 12.4 Å². The molecule has 26 heavy (non-hydrogen) atoms. The first kappa shape index (κ1) is 19.1. The van der Waals surface area contributed by atoms with Crippen LogP contribution in [0.3, 0.4) is 0 Å². The summed E-state index contributed by atoms with van der Waals surface area (Å²) in [6.07, 6.45) is 3.73. The number of thiophene rings is 1.